The van der Waals surface area contributed by atoms with E-state index in [1.54, 1.807) is 4.68 Å². The summed E-state index contributed by atoms with van der Waals surface area (Å²) in [6.07, 6.45) is 0.744. The van der Waals surface area contributed by atoms with Crippen LogP contribution >= 0.6 is 23.2 Å². The fourth-order valence-corrected chi connectivity index (χ4v) is 4.24. The lowest BCUT2D eigenvalue weighted by molar-refractivity contribution is 0.464. The fourth-order valence-electron chi connectivity index (χ4n) is 2.38. The van der Waals surface area contributed by atoms with Crippen LogP contribution in [0.2, 0.25) is 10.0 Å². The predicted molar refractivity (Wildman–Crippen MR) is 92.4 cm³/mol. The molecule has 0 aliphatic rings. The highest BCUT2D eigenvalue weighted by molar-refractivity contribution is 7.89. The number of sulfonamides is 1. The molecule has 0 fully saturated rings. The number of benzene rings is 1. The van der Waals surface area contributed by atoms with Crippen molar-refractivity contribution in [2.24, 2.45) is 7.05 Å². The lowest BCUT2D eigenvalue weighted by Gasteiger charge is -2.18. The van der Waals surface area contributed by atoms with Gasteiger partial charge >= 0.3 is 0 Å². The molecular formula is C15H19Cl2N3O2S. The molecule has 0 N–H and O–H groups in total. The van der Waals surface area contributed by atoms with Crippen LogP contribution in [0.5, 0.6) is 0 Å². The van der Waals surface area contributed by atoms with E-state index < -0.39 is 10.0 Å². The van der Waals surface area contributed by atoms with E-state index >= 15 is 0 Å². The first kappa shape index (κ1) is 18.3. The Morgan fingerprint density at radius 1 is 1.22 bits per heavy atom. The average Bonchev–Trinajstić information content (AvgIpc) is 2.73. The van der Waals surface area contributed by atoms with E-state index in [9.17, 15) is 8.42 Å². The highest BCUT2D eigenvalue weighted by atomic mass is 35.5. The van der Waals surface area contributed by atoms with Crippen LogP contribution in [0.3, 0.4) is 0 Å². The van der Waals surface area contributed by atoms with Crippen LogP contribution in [0.15, 0.2) is 23.1 Å². The van der Waals surface area contributed by atoms with Crippen LogP contribution < -0.4 is 0 Å². The van der Waals surface area contributed by atoms with Crippen molar-refractivity contribution in [3.8, 4) is 0 Å². The smallest absolute Gasteiger partial charge is 0.243 e. The molecule has 1 heterocycles. The number of aryl methyl sites for hydroxylation is 2. The van der Waals surface area contributed by atoms with E-state index in [0.29, 0.717) is 0 Å². The molecule has 0 radical (unpaired) electrons. The van der Waals surface area contributed by atoms with Crippen LogP contribution in [-0.2, 0) is 30.0 Å². The van der Waals surface area contributed by atoms with Gasteiger partial charge in [-0.25, -0.2) is 8.42 Å². The SMILES string of the molecule is CCc1nn(C)c(C)c1CN(C)S(=O)(=O)c1cc(Cl)cc(Cl)c1. The first-order valence-electron chi connectivity index (χ1n) is 7.10. The second-order valence-corrected chi connectivity index (χ2v) is 8.27. The van der Waals surface area contributed by atoms with Gasteiger partial charge in [0.05, 0.1) is 10.6 Å². The summed E-state index contributed by atoms with van der Waals surface area (Å²) in [6, 6.07) is 4.30. The van der Waals surface area contributed by atoms with E-state index in [4.69, 9.17) is 23.2 Å². The monoisotopic (exact) mass is 375 g/mol. The van der Waals surface area contributed by atoms with E-state index in [1.807, 2.05) is 20.9 Å². The summed E-state index contributed by atoms with van der Waals surface area (Å²) in [7, 11) is -0.299. The Kier molecular flexibility index (Phi) is 5.41. The quantitative estimate of drug-likeness (QED) is 0.804. The van der Waals surface area contributed by atoms with Crippen molar-refractivity contribution in [2.75, 3.05) is 7.05 Å². The number of aromatic nitrogens is 2. The number of nitrogens with zero attached hydrogens (tertiary/aromatic N) is 3. The molecule has 23 heavy (non-hydrogen) atoms. The zero-order chi connectivity index (χ0) is 17.4. The molecule has 2 rings (SSSR count). The molecule has 0 bridgehead atoms. The minimum atomic E-state index is -3.69. The summed E-state index contributed by atoms with van der Waals surface area (Å²) >= 11 is 11.8. The zero-order valence-electron chi connectivity index (χ0n) is 13.5. The normalized spacial score (nSPS) is 12.1. The first-order valence-corrected chi connectivity index (χ1v) is 9.30. The molecule has 8 heteroatoms. The molecule has 0 saturated carbocycles. The number of halogens is 2. The summed E-state index contributed by atoms with van der Waals surface area (Å²) in [5.74, 6) is 0. The molecule has 0 spiro atoms. The maximum atomic E-state index is 12.7. The van der Waals surface area contributed by atoms with Crippen LogP contribution in [0.25, 0.3) is 0 Å². The molecule has 0 amide bonds. The van der Waals surface area contributed by atoms with Gasteiger partial charge in [-0.2, -0.15) is 9.40 Å². The summed E-state index contributed by atoms with van der Waals surface area (Å²) in [5, 5.41) is 4.99. The summed E-state index contributed by atoms with van der Waals surface area (Å²) in [4.78, 5) is 0.0806. The zero-order valence-corrected chi connectivity index (χ0v) is 15.8. The van der Waals surface area contributed by atoms with E-state index in [1.165, 1.54) is 29.6 Å². The molecule has 2 aromatic rings. The van der Waals surface area contributed by atoms with Crippen molar-refractivity contribution in [1.29, 1.82) is 0 Å². The Hall–Kier alpha value is -1.08. The van der Waals surface area contributed by atoms with Crippen LogP contribution in [0, 0.1) is 6.92 Å². The van der Waals surface area contributed by atoms with Crippen LogP contribution in [-0.4, -0.2) is 29.6 Å². The molecule has 126 valence electrons. The third-order valence-electron chi connectivity index (χ3n) is 3.80. The second kappa shape index (κ2) is 6.81. The molecule has 0 aliphatic heterocycles. The van der Waals surface area contributed by atoms with Gasteiger partial charge in [-0.15, -0.1) is 0 Å². The van der Waals surface area contributed by atoms with Gasteiger partial charge < -0.3 is 0 Å². The Labute approximate surface area is 146 Å². The van der Waals surface area contributed by atoms with Gasteiger partial charge in [0.15, 0.2) is 0 Å². The minimum absolute atomic E-state index is 0.0806. The molecule has 5 nitrogen and oxygen atoms in total. The van der Waals surface area contributed by atoms with E-state index in [0.717, 1.165) is 23.4 Å². The highest BCUT2D eigenvalue weighted by Gasteiger charge is 2.24. The van der Waals surface area contributed by atoms with Crippen LogP contribution in [0.1, 0.15) is 23.9 Å². The number of hydrogen-bond donors (Lipinski definition) is 0. The minimum Gasteiger partial charge on any atom is -0.272 e. The van der Waals surface area contributed by atoms with Gasteiger partial charge in [0, 0.05) is 41.9 Å². The summed E-state index contributed by atoms with van der Waals surface area (Å²) < 4.78 is 28.5. The van der Waals surface area contributed by atoms with Crippen molar-refractivity contribution in [3.05, 3.63) is 45.2 Å². The van der Waals surface area contributed by atoms with Crippen molar-refractivity contribution in [3.63, 3.8) is 0 Å². The Morgan fingerprint density at radius 3 is 2.30 bits per heavy atom. The highest BCUT2D eigenvalue weighted by Crippen LogP contribution is 2.26. The van der Waals surface area contributed by atoms with Gasteiger partial charge in [0.1, 0.15) is 0 Å². The van der Waals surface area contributed by atoms with Gasteiger partial charge in [-0.05, 0) is 31.5 Å². The number of hydrogen-bond acceptors (Lipinski definition) is 3. The molecule has 0 unspecified atom stereocenters. The molecule has 1 aromatic heterocycles. The molecule has 0 aliphatic carbocycles. The standard InChI is InChI=1S/C15H19Cl2N3O2S/c1-5-15-14(10(2)20(4)18-15)9-19(3)23(21,22)13-7-11(16)6-12(17)8-13/h6-8H,5,9H2,1-4H3. The second-order valence-electron chi connectivity index (χ2n) is 5.35. The summed E-state index contributed by atoms with van der Waals surface area (Å²) in [5.41, 5.74) is 2.78. The molecular weight excluding hydrogens is 357 g/mol. The Bertz CT molecular complexity index is 811. The maximum Gasteiger partial charge on any atom is 0.243 e. The third kappa shape index (κ3) is 3.71. The van der Waals surface area contributed by atoms with Crippen molar-refractivity contribution >= 4 is 33.2 Å². The van der Waals surface area contributed by atoms with Crippen molar-refractivity contribution in [1.82, 2.24) is 14.1 Å². The molecule has 0 atom stereocenters. The lowest BCUT2D eigenvalue weighted by atomic mass is 10.1. The Morgan fingerprint density at radius 2 is 1.78 bits per heavy atom. The fraction of sp³-hybridized carbons (Fsp3) is 0.400. The van der Waals surface area contributed by atoms with Crippen LogP contribution in [0.4, 0.5) is 0 Å². The van der Waals surface area contributed by atoms with Gasteiger partial charge in [0.2, 0.25) is 10.0 Å². The molecule has 1 aromatic carbocycles. The first-order chi connectivity index (χ1) is 10.7. The van der Waals surface area contributed by atoms with E-state index in [-0.39, 0.29) is 21.5 Å². The largest absolute Gasteiger partial charge is 0.272 e. The topological polar surface area (TPSA) is 55.2 Å². The maximum absolute atomic E-state index is 12.7. The van der Waals surface area contributed by atoms with E-state index in [2.05, 4.69) is 5.10 Å². The number of rotatable bonds is 5. The average molecular weight is 376 g/mol. The van der Waals surface area contributed by atoms with Gasteiger partial charge in [0.25, 0.3) is 0 Å². The lowest BCUT2D eigenvalue weighted by Crippen LogP contribution is -2.27. The predicted octanol–water partition coefficient (Wildman–Crippen LogP) is 3.42. The molecule has 0 saturated heterocycles. The van der Waals surface area contributed by atoms with Gasteiger partial charge in [-0.1, -0.05) is 30.1 Å². The Balaban J connectivity index is 2.38. The van der Waals surface area contributed by atoms with Crippen molar-refractivity contribution in [2.45, 2.75) is 31.7 Å². The summed E-state index contributed by atoms with van der Waals surface area (Å²) in [6.45, 7) is 4.17. The van der Waals surface area contributed by atoms with Gasteiger partial charge in [-0.3, -0.25) is 4.68 Å². The van der Waals surface area contributed by atoms with Crippen molar-refractivity contribution < 1.29 is 8.42 Å². The third-order valence-corrected chi connectivity index (χ3v) is 6.02.